The number of methoxy groups -OCH3 is 2. The van der Waals surface area contributed by atoms with Gasteiger partial charge < -0.3 is 45.7 Å². The maximum absolute atomic E-state index is 14.6. The zero-order valence-corrected chi connectivity index (χ0v) is 36.3. The molecular weight excluding hydrogens is 779 g/mol. The minimum absolute atomic E-state index is 0.00526. The molecule has 4 rings (SSSR count). The van der Waals surface area contributed by atoms with Crippen molar-refractivity contribution in [3.63, 3.8) is 0 Å². The van der Waals surface area contributed by atoms with Crippen molar-refractivity contribution in [1.29, 1.82) is 0 Å². The van der Waals surface area contributed by atoms with E-state index in [-0.39, 0.29) is 31.9 Å². The molecule has 61 heavy (non-hydrogen) atoms. The molecule has 0 spiro atoms. The summed E-state index contributed by atoms with van der Waals surface area (Å²) in [7, 11) is 3.04. The molecule has 0 aliphatic carbocycles. The van der Waals surface area contributed by atoms with Crippen LogP contribution in [-0.2, 0) is 45.2 Å². The van der Waals surface area contributed by atoms with Crippen molar-refractivity contribution in [1.82, 2.24) is 26.6 Å². The van der Waals surface area contributed by atoms with Crippen LogP contribution in [0.5, 0.6) is 17.2 Å². The summed E-state index contributed by atoms with van der Waals surface area (Å²) >= 11 is 0. The molecule has 7 N–H and O–H groups in total. The lowest BCUT2D eigenvalue weighted by molar-refractivity contribution is -0.135. The number of hydrogen-bond donors (Lipinski definition) is 7. The zero-order chi connectivity index (χ0) is 44.7. The second-order valence-corrected chi connectivity index (χ2v) is 17.0. The zero-order valence-electron chi connectivity index (χ0n) is 36.3. The normalized spacial score (nSPS) is 14.0. The Labute approximate surface area is 358 Å². The number of phenolic OH excluding ortho intramolecular Hbond substituents is 1. The summed E-state index contributed by atoms with van der Waals surface area (Å²) in [6, 6.07) is 25.5. The van der Waals surface area contributed by atoms with Crippen LogP contribution in [0.2, 0.25) is 0 Å². The number of aromatic hydroxyl groups is 1. The topological polar surface area (TPSA) is 197 Å². The molecule has 328 valence electrons. The Balaban J connectivity index is 1.64. The van der Waals surface area contributed by atoms with Crippen LogP contribution in [0.4, 0.5) is 4.79 Å². The van der Waals surface area contributed by atoms with Crippen LogP contribution in [0.1, 0.15) is 63.8 Å². The number of benzene rings is 4. The van der Waals surface area contributed by atoms with E-state index in [1.54, 1.807) is 72.9 Å². The standard InChI is InChI=1S/C47H61N5O9/c1-46(2,3)40(43(56)49-28-33-21-24-35(60-8)26-37(33)53)51-42(55)38(48-27-31-19-22-34(59-7)23-20-31)39(54)36(25-30-15-11-9-12-16-30)50-44(57)41(47(4,5)6)52-45(58)61-29-32-17-13-10-14-18-32/h9-24,26,36,38-41,48,53-54H,25,27-29H2,1-8H3,(H,49,56)(H,50,57)(H,51,55)(H,52,58). The largest absolute Gasteiger partial charge is 0.507 e. The smallest absolute Gasteiger partial charge is 0.408 e. The van der Waals surface area contributed by atoms with Crippen molar-refractivity contribution >= 4 is 23.8 Å². The maximum Gasteiger partial charge on any atom is 0.408 e. The average molecular weight is 840 g/mol. The van der Waals surface area contributed by atoms with E-state index in [4.69, 9.17) is 14.2 Å². The predicted molar refractivity (Wildman–Crippen MR) is 233 cm³/mol. The molecule has 0 radical (unpaired) electrons. The van der Waals surface area contributed by atoms with E-state index >= 15 is 0 Å². The second-order valence-electron chi connectivity index (χ2n) is 17.0. The summed E-state index contributed by atoms with van der Waals surface area (Å²) in [4.78, 5) is 55.8. The van der Waals surface area contributed by atoms with Crippen LogP contribution >= 0.6 is 0 Å². The molecule has 0 aliphatic heterocycles. The summed E-state index contributed by atoms with van der Waals surface area (Å²) in [5, 5.41) is 37.4. The molecule has 14 heteroatoms. The van der Waals surface area contributed by atoms with E-state index in [1.807, 2.05) is 72.8 Å². The van der Waals surface area contributed by atoms with Gasteiger partial charge in [-0.15, -0.1) is 0 Å². The van der Waals surface area contributed by atoms with Gasteiger partial charge >= 0.3 is 6.09 Å². The summed E-state index contributed by atoms with van der Waals surface area (Å²) in [5.41, 5.74) is 1.12. The van der Waals surface area contributed by atoms with Gasteiger partial charge in [0.1, 0.15) is 42.0 Å². The molecule has 0 saturated carbocycles. The average Bonchev–Trinajstić information content (AvgIpc) is 3.23. The molecule has 0 saturated heterocycles. The highest BCUT2D eigenvalue weighted by Crippen LogP contribution is 2.25. The van der Waals surface area contributed by atoms with Gasteiger partial charge in [-0.25, -0.2) is 4.79 Å². The van der Waals surface area contributed by atoms with E-state index in [0.29, 0.717) is 17.1 Å². The monoisotopic (exact) mass is 839 g/mol. The third-order valence-electron chi connectivity index (χ3n) is 10.1. The van der Waals surface area contributed by atoms with Crippen LogP contribution in [0.3, 0.4) is 0 Å². The summed E-state index contributed by atoms with van der Waals surface area (Å²) in [6.45, 7) is 10.8. The first-order valence-electron chi connectivity index (χ1n) is 20.2. The first-order valence-corrected chi connectivity index (χ1v) is 20.2. The van der Waals surface area contributed by atoms with Crippen LogP contribution < -0.4 is 36.1 Å². The SMILES string of the molecule is COc1ccc(CNC(C(=O)NC(C(=O)NCc2ccc(OC)cc2O)C(C)(C)C)C(O)C(Cc2ccccc2)NC(=O)C(NC(=O)OCc2ccccc2)C(C)(C)C)cc1. The van der Waals surface area contributed by atoms with Crippen molar-refractivity contribution < 1.29 is 43.6 Å². The Bertz CT molecular complexity index is 2030. The first kappa shape index (κ1) is 47.6. The van der Waals surface area contributed by atoms with Crippen molar-refractivity contribution in [2.45, 2.75) is 97.9 Å². The number of carbonyl (C=O) groups excluding carboxylic acids is 4. The Morgan fingerprint density at radius 2 is 1.18 bits per heavy atom. The van der Waals surface area contributed by atoms with Gasteiger partial charge in [-0.2, -0.15) is 0 Å². The van der Waals surface area contributed by atoms with Gasteiger partial charge in [0.05, 0.1) is 26.4 Å². The molecular formula is C47H61N5O9. The van der Waals surface area contributed by atoms with E-state index in [0.717, 1.165) is 16.7 Å². The minimum Gasteiger partial charge on any atom is -0.507 e. The van der Waals surface area contributed by atoms with Crippen molar-refractivity contribution in [3.05, 3.63) is 125 Å². The van der Waals surface area contributed by atoms with Crippen molar-refractivity contribution in [2.75, 3.05) is 14.2 Å². The fourth-order valence-corrected chi connectivity index (χ4v) is 6.53. The van der Waals surface area contributed by atoms with E-state index < -0.39 is 64.9 Å². The summed E-state index contributed by atoms with van der Waals surface area (Å²) in [6.07, 6.45) is -2.27. The number of amides is 4. The molecule has 4 aromatic carbocycles. The van der Waals surface area contributed by atoms with Crippen LogP contribution in [-0.4, -0.2) is 78.5 Å². The first-order chi connectivity index (χ1) is 28.9. The highest BCUT2D eigenvalue weighted by molar-refractivity contribution is 5.91. The number of carbonyl (C=O) groups is 4. The van der Waals surface area contributed by atoms with Crippen LogP contribution in [0, 0.1) is 10.8 Å². The summed E-state index contributed by atoms with van der Waals surface area (Å²) in [5.74, 6) is -0.810. The van der Waals surface area contributed by atoms with E-state index in [1.165, 1.54) is 13.2 Å². The lowest BCUT2D eigenvalue weighted by atomic mass is 9.85. The van der Waals surface area contributed by atoms with Gasteiger partial charge in [-0.3, -0.25) is 19.7 Å². The van der Waals surface area contributed by atoms with Gasteiger partial charge in [0.15, 0.2) is 0 Å². The Morgan fingerprint density at radius 1 is 0.623 bits per heavy atom. The van der Waals surface area contributed by atoms with Gasteiger partial charge in [-0.1, -0.05) is 114 Å². The molecule has 0 aliphatic rings. The van der Waals surface area contributed by atoms with E-state index in [2.05, 4.69) is 26.6 Å². The van der Waals surface area contributed by atoms with E-state index in [9.17, 15) is 29.4 Å². The van der Waals surface area contributed by atoms with Gasteiger partial charge in [-0.05, 0) is 58.2 Å². The Morgan fingerprint density at radius 3 is 1.74 bits per heavy atom. The lowest BCUT2D eigenvalue weighted by Crippen LogP contribution is -2.64. The highest BCUT2D eigenvalue weighted by Gasteiger charge is 2.41. The summed E-state index contributed by atoms with van der Waals surface area (Å²) < 4.78 is 15.9. The molecule has 14 nitrogen and oxygen atoms in total. The Kier molecular flexibility index (Phi) is 17.1. The molecule has 0 aromatic heterocycles. The maximum atomic E-state index is 14.6. The minimum atomic E-state index is -1.58. The van der Waals surface area contributed by atoms with Crippen LogP contribution in [0.25, 0.3) is 0 Å². The van der Waals surface area contributed by atoms with Gasteiger partial charge in [0, 0.05) is 24.7 Å². The number of alkyl carbamates (subject to hydrolysis) is 1. The number of aliphatic hydroxyl groups excluding tert-OH is 1. The second kappa shape index (κ2) is 21.9. The highest BCUT2D eigenvalue weighted by atomic mass is 16.5. The molecule has 4 aromatic rings. The van der Waals surface area contributed by atoms with Crippen LogP contribution in [0.15, 0.2) is 103 Å². The number of rotatable bonds is 19. The number of phenols is 1. The number of aliphatic hydroxyl groups is 1. The quantitative estimate of drug-likeness (QED) is 0.0664. The third-order valence-corrected chi connectivity index (χ3v) is 10.1. The fraction of sp³-hybridized carbons (Fsp3) is 0.404. The molecule has 5 atom stereocenters. The van der Waals surface area contributed by atoms with Crippen molar-refractivity contribution in [2.24, 2.45) is 10.8 Å². The number of ether oxygens (including phenoxy) is 3. The van der Waals surface area contributed by atoms with Gasteiger partial charge in [0.25, 0.3) is 0 Å². The van der Waals surface area contributed by atoms with Gasteiger partial charge in [0.2, 0.25) is 17.7 Å². The molecule has 0 fully saturated rings. The number of hydrogen-bond acceptors (Lipinski definition) is 10. The number of nitrogens with one attached hydrogen (secondary N) is 5. The molecule has 0 bridgehead atoms. The fourth-order valence-electron chi connectivity index (χ4n) is 6.53. The molecule has 0 heterocycles. The predicted octanol–water partition coefficient (Wildman–Crippen LogP) is 5.14. The Hall–Kier alpha value is -6.12. The molecule has 4 amide bonds. The van der Waals surface area contributed by atoms with Crippen molar-refractivity contribution in [3.8, 4) is 17.2 Å². The molecule has 5 unspecified atom stereocenters. The third kappa shape index (κ3) is 14.5. The lowest BCUT2D eigenvalue weighted by Gasteiger charge is -2.36.